The van der Waals surface area contributed by atoms with Gasteiger partial charge in [0, 0.05) is 22.9 Å². The Morgan fingerprint density at radius 3 is 2.70 bits per heavy atom. The number of benzene rings is 1. The number of nitrogens with zero attached hydrogens (tertiary/aromatic N) is 2. The second-order valence-corrected chi connectivity index (χ2v) is 8.15. The fourth-order valence-corrected chi connectivity index (χ4v) is 4.92. The average molecular weight is 385 g/mol. The van der Waals surface area contributed by atoms with Crippen LogP contribution < -0.4 is 5.43 Å². The number of amides is 1. The van der Waals surface area contributed by atoms with E-state index in [2.05, 4.69) is 10.4 Å². The lowest BCUT2D eigenvalue weighted by Gasteiger charge is -2.39. The number of thiazole rings is 1. The Bertz CT molecular complexity index is 840. The largest absolute Gasteiger partial charge is 0.465 e. The van der Waals surface area contributed by atoms with Gasteiger partial charge in [-0.05, 0) is 25.0 Å². The molecule has 1 spiro atoms. The quantitative estimate of drug-likeness (QED) is 0.815. The summed E-state index contributed by atoms with van der Waals surface area (Å²) >= 11 is 1.58. The predicted octanol–water partition coefficient (Wildman–Crippen LogP) is 3.54. The van der Waals surface area contributed by atoms with Gasteiger partial charge in [-0.2, -0.15) is 0 Å². The van der Waals surface area contributed by atoms with Crippen molar-refractivity contribution in [3.05, 3.63) is 40.9 Å². The van der Waals surface area contributed by atoms with E-state index in [0.717, 1.165) is 29.1 Å². The van der Waals surface area contributed by atoms with Crippen molar-refractivity contribution in [1.82, 2.24) is 15.4 Å². The number of hydrogen-bond acceptors (Lipinski definition) is 6. The molecule has 7 heteroatoms. The van der Waals surface area contributed by atoms with Gasteiger partial charge in [-0.25, -0.2) is 14.8 Å². The Morgan fingerprint density at radius 2 is 2.00 bits per heavy atom. The van der Waals surface area contributed by atoms with Gasteiger partial charge in [0.15, 0.2) is 0 Å². The van der Waals surface area contributed by atoms with Crippen LogP contribution in [0.3, 0.4) is 0 Å². The number of hydrazine groups is 1. The summed E-state index contributed by atoms with van der Waals surface area (Å²) in [4.78, 5) is 28.4. The van der Waals surface area contributed by atoms with Gasteiger partial charge in [0.1, 0.15) is 5.01 Å². The number of methoxy groups -OCH3 is 1. The third kappa shape index (κ3) is 3.61. The van der Waals surface area contributed by atoms with E-state index in [0.29, 0.717) is 18.5 Å². The number of hydrogen-bond donors (Lipinski definition) is 1. The lowest BCUT2D eigenvalue weighted by molar-refractivity contribution is -0.121. The molecule has 2 heterocycles. The van der Waals surface area contributed by atoms with Crippen LogP contribution in [0.1, 0.15) is 54.6 Å². The van der Waals surface area contributed by atoms with Crippen molar-refractivity contribution in [2.75, 3.05) is 7.11 Å². The molecular weight excluding hydrogens is 362 g/mol. The average Bonchev–Trinajstić information content (AvgIpc) is 3.27. The van der Waals surface area contributed by atoms with Crippen LogP contribution in [0.2, 0.25) is 0 Å². The van der Waals surface area contributed by atoms with Crippen molar-refractivity contribution in [1.29, 1.82) is 0 Å². The first-order valence-electron chi connectivity index (χ1n) is 9.30. The van der Waals surface area contributed by atoms with Crippen LogP contribution in [0, 0.1) is 0 Å². The third-order valence-electron chi connectivity index (χ3n) is 5.53. The van der Waals surface area contributed by atoms with E-state index in [1.807, 2.05) is 17.5 Å². The van der Waals surface area contributed by atoms with Crippen molar-refractivity contribution < 1.29 is 14.3 Å². The van der Waals surface area contributed by atoms with Crippen LogP contribution in [0.25, 0.3) is 10.6 Å². The van der Waals surface area contributed by atoms with E-state index in [1.165, 1.54) is 26.4 Å². The summed E-state index contributed by atoms with van der Waals surface area (Å²) in [5.74, 6) is -0.227. The Kier molecular flexibility index (Phi) is 4.97. The van der Waals surface area contributed by atoms with Crippen LogP contribution >= 0.6 is 11.3 Å². The zero-order valence-electron chi connectivity index (χ0n) is 15.4. The van der Waals surface area contributed by atoms with Crippen LogP contribution in [-0.4, -0.2) is 34.5 Å². The van der Waals surface area contributed by atoms with E-state index in [4.69, 9.17) is 9.72 Å². The molecule has 1 aromatic carbocycles. The van der Waals surface area contributed by atoms with Crippen molar-refractivity contribution in [2.45, 2.75) is 50.6 Å². The maximum absolute atomic E-state index is 12.0. The molecule has 2 fully saturated rings. The second kappa shape index (κ2) is 7.40. The van der Waals surface area contributed by atoms with Gasteiger partial charge in [0.05, 0.1) is 24.9 Å². The number of ether oxygens (including phenoxy) is 1. The van der Waals surface area contributed by atoms with Crippen LogP contribution in [0.5, 0.6) is 0 Å². The molecule has 1 amide bonds. The highest BCUT2D eigenvalue weighted by Gasteiger charge is 2.45. The van der Waals surface area contributed by atoms with Crippen molar-refractivity contribution in [2.24, 2.45) is 0 Å². The molecule has 1 saturated carbocycles. The second-order valence-electron chi connectivity index (χ2n) is 7.30. The summed E-state index contributed by atoms with van der Waals surface area (Å²) in [6.45, 7) is 0.627. The molecule has 0 atom stereocenters. The van der Waals surface area contributed by atoms with E-state index >= 15 is 0 Å². The minimum atomic E-state index is -0.344. The molecule has 1 N–H and O–H groups in total. The molecule has 0 bridgehead atoms. The third-order valence-corrected chi connectivity index (χ3v) is 6.47. The van der Waals surface area contributed by atoms with Gasteiger partial charge in [-0.1, -0.05) is 31.4 Å². The van der Waals surface area contributed by atoms with Gasteiger partial charge < -0.3 is 4.74 Å². The SMILES string of the molecule is COC(=O)c1ccc(-c2nc(CN3NC(=O)CC34CCCCC4)cs2)cc1. The highest BCUT2D eigenvalue weighted by atomic mass is 32.1. The first-order chi connectivity index (χ1) is 13.1. The highest BCUT2D eigenvalue weighted by Crippen LogP contribution is 2.39. The molecule has 6 nitrogen and oxygen atoms in total. The highest BCUT2D eigenvalue weighted by molar-refractivity contribution is 7.13. The molecule has 0 unspecified atom stereocenters. The van der Waals surface area contributed by atoms with Crippen LogP contribution in [0.4, 0.5) is 0 Å². The summed E-state index contributed by atoms with van der Waals surface area (Å²) in [5.41, 5.74) is 5.46. The van der Waals surface area contributed by atoms with Crippen LogP contribution in [0.15, 0.2) is 29.6 Å². The summed E-state index contributed by atoms with van der Waals surface area (Å²) < 4.78 is 4.73. The van der Waals surface area contributed by atoms with E-state index in [9.17, 15) is 9.59 Å². The number of carbonyl (C=O) groups is 2. The van der Waals surface area contributed by atoms with E-state index < -0.39 is 0 Å². The first-order valence-corrected chi connectivity index (χ1v) is 10.2. The summed E-state index contributed by atoms with van der Waals surface area (Å²) in [6, 6.07) is 7.27. The zero-order valence-corrected chi connectivity index (χ0v) is 16.2. The monoisotopic (exact) mass is 385 g/mol. The number of aromatic nitrogens is 1. The molecule has 4 rings (SSSR count). The van der Waals surface area contributed by atoms with Crippen molar-refractivity contribution in [3.8, 4) is 10.6 Å². The van der Waals surface area contributed by atoms with Gasteiger partial charge in [0.2, 0.25) is 5.91 Å². The van der Waals surface area contributed by atoms with Gasteiger partial charge in [0.25, 0.3) is 0 Å². The normalized spacial score (nSPS) is 19.2. The molecule has 2 aliphatic rings. The molecule has 1 aliphatic heterocycles. The minimum absolute atomic E-state index is 0.0404. The van der Waals surface area contributed by atoms with Gasteiger partial charge in [-0.3, -0.25) is 10.2 Å². The summed E-state index contributed by atoms with van der Waals surface area (Å²) in [7, 11) is 1.37. The topological polar surface area (TPSA) is 71.5 Å². The molecule has 27 heavy (non-hydrogen) atoms. The maximum atomic E-state index is 12.0. The molecule has 1 aliphatic carbocycles. The smallest absolute Gasteiger partial charge is 0.337 e. The Balaban J connectivity index is 1.49. The molecule has 2 aromatic rings. The minimum Gasteiger partial charge on any atom is -0.465 e. The fourth-order valence-electron chi connectivity index (χ4n) is 4.11. The van der Waals surface area contributed by atoms with Gasteiger partial charge >= 0.3 is 5.97 Å². The predicted molar refractivity (Wildman–Crippen MR) is 103 cm³/mol. The maximum Gasteiger partial charge on any atom is 0.337 e. The van der Waals surface area contributed by atoms with Crippen LogP contribution in [-0.2, 0) is 16.1 Å². The lowest BCUT2D eigenvalue weighted by atomic mass is 9.79. The molecule has 1 saturated heterocycles. The Labute approximate surface area is 162 Å². The summed E-state index contributed by atoms with van der Waals surface area (Å²) in [5, 5.41) is 5.07. The Morgan fingerprint density at radius 1 is 1.26 bits per heavy atom. The first kappa shape index (κ1) is 18.1. The summed E-state index contributed by atoms with van der Waals surface area (Å²) in [6.07, 6.45) is 6.35. The van der Waals surface area contributed by atoms with Crippen molar-refractivity contribution >= 4 is 23.2 Å². The standard InChI is InChI=1S/C20H23N3O3S/c1-26-19(25)15-7-5-14(6-8-15)18-21-16(13-27-18)12-23-20(11-17(24)22-23)9-3-2-4-10-20/h5-8,13H,2-4,9-12H2,1H3,(H,22,24). The van der Waals surface area contributed by atoms with Gasteiger partial charge in [-0.15, -0.1) is 11.3 Å². The van der Waals surface area contributed by atoms with E-state index in [-0.39, 0.29) is 17.4 Å². The number of carbonyl (C=O) groups excluding carboxylic acids is 2. The number of rotatable bonds is 4. The molecule has 142 valence electrons. The van der Waals surface area contributed by atoms with E-state index in [1.54, 1.807) is 23.5 Å². The molecule has 0 radical (unpaired) electrons. The zero-order chi connectivity index (χ0) is 18.9. The Hall–Kier alpha value is -2.25. The van der Waals surface area contributed by atoms with Crippen molar-refractivity contribution in [3.63, 3.8) is 0 Å². The fraction of sp³-hybridized carbons (Fsp3) is 0.450. The number of esters is 1. The molecular formula is C20H23N3O3S. The molecule has 1 aromatic heterocycles. The number of nitrogens with one attached hydrogen (secondary N) is 1. The lowest BCUT2D eigenvalue weighted by Crippen LogP contribution is -2.48.